The van der Waals surface area contributed by atoms with Gasteiger partial charge in [-0.15, -0.1) is 0 Å². The van der Waals surface area contributed by atoms with Gasteiger partial charge in [0.25, 0.3) is 0 Å². The highest BCUT2D eigenvalue weighted by Crippen LogP contribution is 2.19. The summed E-state index contributed by atoms with van der Waals surface area (Å²) in [7, 11) is 2.04. The van der Waals surface area contributed by atoms with E-state index < -0.39 is 0 Å². The van der Waals surface area contributed by atoms with Crippen LogP contribution in [-0.2, 0) is 13.1 Å². The zero-order valence-electron chi connectivity index (χ0n) is 12.2. The molecule has 0 saturated carbocycles. The van der Waals surface area contributed by atoms with Gasteiger partial charge >= 0.3 is 0 Å². The highest BCUT2D eigenvalue weighted by molar-refractivity contribution is 6.31. The molecule has 0 spiro atoms. The second-order valence-corrected chi connectivity index (χ2v) is 5.80. The van der Waals surface area contributed by atoms with Gasteiger partial charge in [0.05, 0.1) is 10.7 Å². The van der Waals surface area contributed by atoms with Crippen LogP contribution in [0.25, 0.3) is 0 Å². The van der Waals surface area contributed by atoms with Crippen LogP contribution in [0.3, 0.4) is 0 Å². The van der Waals surface area contributed by atoms with Gasteiger partial charge in [-0.1, -0.05) is 35.3 Å². The monoisotopic (exact) mass is 323 g/mol. The second kappa shape index (κ2) is 7.64. The summed E-state index contributed by atoms with van der Waals surface area (Å²) < 4.78 is 0. The lowest BCUT2D eigenvalue weighted by Gasteiger charge is -2.17. The summed E-state index contributed by atoms with van der Waals surface area (Å²) in [6, 6.07) is 11.7. The summed E-state index contributed by atoms with van der Waals surface area (Å²) in [6.07, 6.45) is 0. The van der Waals surface area contributed by atoms with Gasteiger partial charge in [0.2, 0.25) is 0 Å². The molecule has 0 unspecified atom stereocenters. The van der Waals surface area contributed by atoms with Crippen LogP contribution >= 0.6 is 23.2 Å². The predicted molar refractivity (Wildman–Crippen MR) is 90.0 cm³/mol. The van der Waals surface area contributed by atoms with Crippen LogP contribution in [0.5, 0.6) is 0 Å². The van der Waals surface area contributed by atoms with Gasteiger partial charge in [0, 0.05) is 24.7 Å². The minimum absolute atomic E-state index is 0.685. The Morgan fingerprint density at radius 3 is 2.67 bits per heavy atom. The van der Waals surface area contributed by atoms with E-state index in [1.54, 1.807) is 0 Å². The van der Waals surface area contributed by atoms with Crippen LogP contribution in [0.4, 0.5) is 5.82 Å². The average Bonchev–Trinajstić information content (AvgIpc) is 2.43. The minimum Gasteiger partial charge on any atom is -0.370 e. The van der Waals surface area contributed by atoms with Gasteiger partial charge in [-0.2, -0.15) is 0 Å². The zero-order valence-corrected chi connectivity index (χ0v) is 13.7. The molecule has 0 radical (unpaired) electrons. The molecule has 1 heterocycles. The van der Waals surface area contributed by atoms with Crippen molar-refractivity contribution in [2.24, 2.45) is 0 Å². The summed E-state index contributed by atoms with van der Waals surface area (Å²) in [5, 5.41) is 4.65. The molecular formula is C16H19Cl2N3. The number of nitrogens with zero attached hydrogens (tertiary/aromatic N) is 2. The Bertz CT molecular complexity index is 602. The number of pyridine rings is 1. The minimum atomic E-state index is 0.685. The van der Waals surface area contributed by atoms with Crippen molar-refractivity contribution in [1.29, 1.82) is 0 Å². The first-order valence-corrected chi connectivity index (χ1v) is 7.66. The third kappa shape index (κ3) is 4.88. The van der Waals surface area contributed by atoms with E-state index in [0.29, 0.717) is 11.6 Å². The topological polar surface area (TPSA) is 28.2 Å². The maximum atomic E-state index is 6.23. The van der Waals surface area contributed by atoms with Crippen molar-refractivity contribution in [2.45, 2.75) is 20.0 Å². The number of nitrogens with one attached hydrogen (secondary N) is 1. The van der Waals surface area contributed by atoms with Crippen molar-refractivity contribution in [3.63, 3.8) is 0 Å². The predicted octanol–water partition coefficient (Wildman–Crippen LogP) is 4.45. The van der Waals surface area contributed by atoms with Crippen molar-refractivity contribution in [1.82, 2.24) is 9.88 Å². The van der Waals surface area contributed by atoms with Crippen molar-refractivity contribution in [3.8, 4) is 0 Å². The molecule has 1 N–H and O–H groups in total. The molecule has 0 aliphatic rings. The van der Waals surface area contributed by atoms with Crippen molar-refractivity contribution >= 4 is 29.0 Å². The molecule has 2 rings (SSSR count). The van der Waals surface area contributed by atoms with Gasteiger partial charge < -0.3 is 5.32 Å². The second-order valence-electron chi connectivity index (χ2n) is 4.96. The van der Waals surface area contributed by atoms with Gasteiger partial charge in [-0.3, -0.25) is 4.90 Å². The van der Waals surface area contributed by atoms with E-state index >= 15 is 0 Å². The standard InChI is InChI=1S/C16H19Cl2N3/c1-3-19-16-8-7-14(18)15(20-16)11-21(2)10-12-5-4-6-13(17)9-12/h4-9H,3,10-11H2,1-2H3,(H,19,20). The Labute approximate surface area is 135 Å². The number of benzene rings is 1. The molecule has 0 aliphatic heterocycles. The average molecular weight is 324 g/mol. The maximum Gasteiger partial charge on any atom is 0.126 e. The van der Waals surface area contributed by atoms with E-state index in [4.69, 9.17) is 23.2 Å². The highest BCUT2D eigenvalue weighted by Gasteiger charge is 2.08. The zero-order chi connectivity index (χ0) is 15.2. The van der Waals surface area contributed by atoms with E-state index in [-0.39, 0.29) is 0 Å². The number of hydrogen-bond acceptors (Lipinski definition) is 3. The SMILES string of the molecule is CCNc1ccc(Cl)c(CN(C)Cc2cccc(Cl)c2)n1. The van der Waals surface area contributed by atoms with Crippen molar-refractivity contribution in [3.05, 3.63) is 57.7 Å². The third-order valence-corrected chi connectivity index (χ3v) is 3.62. The molecular weight excluding hydrogens is 305 g/mol. The summed E-state index contributed by atoms with van der Waals surface area (Å²) in [5.41, 5.74) is 2.05. The Kier molecular flexibility index (Phi) is 5.85. The molecule has 0 amide bonds. The largest absolute Gasteiger partial charge is 0.370 e. The van der Waals surface area contributed by atoms with Crippen LogP contribution in [0, 0.1) is 0 Å². The number of anilines is 1. The van der Waals surface area contributed by atoms with Crippen LogP contribution in [-0.4, -0.2) is 23.5 Å². The van der Waals surface area contributed by atoms with Crippen molar-refractivity contribution < 1.29 is 0 Å². The normalized spacial score (nSPS) is 10.9. The van der Waals surface area contributed by atoms with Gasteiger partial charge in [0.15, 0.2) is 0 Å². The van der Waals surface area contributed by atoms with Gasteiger partial charge in [-0.05, 0) is 43.8 Å². The Balaban J connectivity index is 2.05. The Morgan fingerprint density at radius 1 is 1.14 bits per heavy atom. The summed E-state index contributed by atoms with van der Waals surface area (Å²) in [5.74, 6) is 0.855. The van der Waals surface area contributed by atoms with E-state index in [0.717, 1.165) is 29.6 Å². The summed E-state index contributed by atoms with van der Waals surface area (Å²) in [6.45, 7) is 4.36. The molecule has 21 heavy (non-hydrogen) atoms. The van der Waals surface area contributed by atoms with Gasteiger partial charge in [0.1, 0.15) is 5.82 Å². The molecule has 2 aromatic rings. The van der Waals surface area contributed by atoms with E-state index in [1.165, 1.54) is 5.56 Å². The van der Waals surface area contributed by atoms with Crippen LogP contribution in [0.2, 0.25) is 10.0 Å². The molecule has 3 nitrogen and oxygen atoms in total. The third-order valence-electron chi connectivity index (χ3n) is 3.04. The first kappa shape index (κ1) is 16.1. The fraction of sp³-hybridized carbons (Fsp3) is 0.312. The Morgan fingerprint density at radius 2 is 1.95 bits per heavy atom. The molecule has 0 fully saturated rings. The Hall–Kier alpha value is -1.29. The quantitative estimate of drug-likeness (QED) is 0.851. The van der Waals surface area contributed by atoms with E-state index in [1.807, 2.05) is 44.3 Å². The lowest BCUT2D eigenvalue weighted by molar-refractivity contribution is 0.315. The molecule has 0 aliphatic carbocycles. The smallest absolute Gasteiger partial charge is 0.126 e. The van der Waals surface area contributed by atoms with Crippen LogP contribution in [0.1, 0.15) is 18.2 Å². The van der Waals surface area contributed by atoms with Crippen molar-refractivity contribution in [2.75, 3.05) is 18.9 Å². The van der Waals surface area contributed by atoms with Crippen LogP contribution < -0.4 is 5.32 Å². The lowest BCUT2D eigenvalue weighted by atomic mass is 10.2. The van der Waals surface area contributed by atoms with E-state index in [9.17, 15) is 0 Å². The molecule has 0 atom stereocenters. The number of rotatable bonds is 6. The first-order chi connectivity index (χ1) is 10.1. The number of aromatic nitrogens is 1. The van der Waals surface area contributed by atoms with Gasteiger partial charge in [-0.25, -0.2) is 4.98 Å². The fourth-order valence-electron chi connectivity index (χ4n) is 2.13. The highest BCUT2D eigenvalue weighted by atomic mass is 35.5. The lowest BCUT2D eigenvalue weighted by Crippen LogP contribution is -2.18. The number of hydrogen-bond donors (Lipinski definition) is 1. The fourth-order valence-corrected chi connectivity index (χ4v) is 2.51. The molecule has 1 aromatic heterocycles. The van der Waals surface area contributed by atoms with Crippen LogP contribution in [0.15, 0.2) is 36.4 Å². The maximum absolute atomic E-state index is 6.23. The molecule has 0 saturated heterocycles. The molecule has 112 valence electrons. The molecule has 0 bridgehead atoms. The summed E-state index contributed by atoms with van der Waals surface area (Å²) >= 11 is 12.2. The molecule has 1 aromatic carbocycles. The molecule has 5 heteroatoms. The number of halogens is 2. The summed E-state index contributed by atoms with van der Waals surface area (Å²) in [4.78, 5) is 6.71. The first-order valence-electron chi connectivity index (χ1n) is 6.90. The van der Waals surface area contributed by atoms with E-state index in [2.05, 4.69) is 21.3 Å².